The van der Waals surface area contributed by atoms with Crippen LogP contribution in [0.4, 0.5) is 11.4 Å². The number of carboxylic acid groups (broad SMARTS) is 1. The molecule has 1 aromatic carbocycles. The molecular formula is C16H18N2O6S. The summed E-state index contributed by atoms with van der Waals surface area (Å²) in [6.45, 7) is 1.91. The standard InChI is InChI=1S/C16H18N2O6S/c1-2-3-10-25(22,23)18-12-6-4-11(5-7-12)17-15(19)13-8-9-14(24-13)16(20)21/h4-9,18H,2-3,10H2,1H3,(H,17,19)(H,20,21). The number of nitrogens with one attached hydrogen (secondary N) is 2. The van der Waals surface area contributed by atoms with Crippen LogP contribution in [0.15, 0.2) is 40.8 Å². The van der Waals surface area contributed by atoms with Gasteiger partial charge in [-0.25, -0.2) is 13.2 Å². The molecule has 1 amide bonds. The van der Waals surface area contributed by atoms with Crippen LogP contribution in [0.2, 0.25) is 0 Å². The number of hydrogen-bond acceptors (Lipinski definition) is 5. The van der Waals surface area contributed by atoms with Crippen molar-refractivity contribution in [2.75, 3.05) is 15.8 Å². The van der Waals surface area contributed by atoms with E-state index in [4.69, 9.17) is 9.52 Å². The average Bonchev–Trinajstić information content (AvgIpc) is 3.05. The van der Waals surface area contributed by atoms with Crippen molar-refractivity contribution in [3.8, 4) is 0 Å². The Kier molecular flexibility index (Phi) is 5.81. The van der Waals surface area contributed by atoms with Gasteiger partial charge in [0.2, 0.25) is 15.8 Å². The number of carbonyl (C=O) groups excluding carboxylic acids is 1. The molecule has 2 rings (SSSR count). The summed E-state index contributed by atoms with van der Waals surface area (Å²) in [4.78, 5) is 22.7. The van der Waals surface area contributed by atoms with Gasteiger partial charge in [0.25, 0.3) is 5.91 Å². The van der Waals surface area contributed by atoms with Crippen LogP contribution >= 0.6 is 0 Å². The minimum atomic E-state index is -3.39. The number of hydrogen-bond donors (Lipinski definition) is 3. The second-order valence-electron chi connectivity index (χ2n) is 5.28. The summed E-state index contributed by atoms with van der Waals surface area (Å²) in [5, 5.41) is 11.3. The summed E-state index contributed by atoms with van der Waals surface area (Å²) in [5.41, 5.74) is 0.801. The van der Waals surface area contributed by atoms with E-state index < -0.39 is 21.9 Å². The summed E-state index contributed by atoms with van der Waals surface area (Å²) >= 11 is 0. The molecule has 0 atom stereocenters. The molecule has 0 saturated carbocycles. The molecule has 0 bridgehead atoms. The van der Waals surface area contributed by atoms with Gasteiger partial charge in [-0.1, -0.05) is 13.3 Å². The first-order valence-electron chi connectivity index (χ1n) is 7.56. The van der Waals surface area contributed by atoms with Crippen LogP contribution in [-0.2, 0) is 10.0 Å². The van der Waals surface area contributed by atoms with Gasteiger partial charge in [-0.2, -0.15) is 0 Å². The summed E-state index contributed by atoms with van der Waals surface area (Å²) in [6.07, 6.45) is 1.35. The summed E-state index contributed by atoms with van der Waals surface area (Å²) in [6, 6.07) is 8.53. The molecule has 9 heteroatoms. The first kappa shape index (κ1) is 18.5. The maximum Gasteiger partial charge on any atom is 0.371 e. The number of benzene rings is 1. The molecule has 0 saturated heterocycles. The number of unbranched alkanes of at least 4 members (excludes halogenated alkanes) is 1. The highest BCUT2D eigenvalue weighted by molar-refractivity contribution is 7.92. The number of sulfonamides is 1. The molecule has 2 aromatic rings. The lowest BCUT2D eigenvalue weighted by molar-refractivity contribution is 0.0660. The van der Waals surface area contributed by atoms with Gasteiger partial charge < -0.3 is 14.8 Å². The summed E-state index contributed by atoms with van der Waals surface area (Å²) in [7, 11) is -3.39. The number of carbonyl (C=O) groups is 2. The third-order valence-corrected chi connectivity index (χ3v) is 4.60. The maximum absolute atomic E-state index is 12.0. The molecule has 0 aliphatic carbocycles. The lowest BCUT2D eigenvalue weighted by Crippen LogP contribution is -2.16. The van der Waals surface area contributed by atoms with Crippen LogP contribution in [0.3, 0.4) is 0 Å². The van der Waals surface area contributed by atoms with Crippen LogP contribution in [0.1, 0.15) is 40.9 Å². The summed E-state index contributed by atoms with van der Waals surface area (Å²) in [5.74, 6) is -2.29. The van der Waals surface area contributed by atoms with E-state index in [-0.39, 0.29) is 17.3 Å². The van der Waals surface area contributed by atoms with Crippen LogP contribution in [-0.4, -0.2) is 31.2 Å². The number of furan rings is 1. The van der Waals surface area contributed by atoms with E-state index >= 15 is 0 Å². The highest BCUT2D eigenvalue weighted by Gasteiger charge is 2.15. The number of carboxylic acids is 1. The minimum Gasteiger partial charge on any atom is -0.475 e. The van der Waals surface area contributed by atoms with E-state index in [1.807, 2.05) is 6.92 Å². The number of anilines is 2. The topological polar surface area (TPSA) is 126 Å². The summed E-state index contributed by atoms with van der Waals surface area (Å²) < 4.78 is 31.0. The largest absolute Gasteiger partial charge is 0.475 e. The Hall–Kier alpha value is -2.81. The van der Waals surface area contributed by atoms with Crippen molar-refractivity contribution in [3.05, 3.63) is 47.9 Å². The van der Waals surface area contributed by atoms with E-state index in [0.717, 1.165) is 6.42 Å². The first-order chi connectivity index (χ1) is 11.8. The van der Waals surface area contributed by atoms with Crippen molar-refractivity contribution in [1.82, 2.24) is 0 Å². The second kappa shape index (κ2) is 7.84. The minimum absolute atomic E-state index is 0.0480. The maximum atomic E-state index is 12.0. The zero-order valence-corrected chi connectivity index (χ0v) is 14.3. The predicted molar refractivity (Wildman–Crippen MR) is 92.4 cm³/mol. The van der Waals surface area contributed by atoms with Crippen molar-refractivity contribution in [3.63, 3.8) is 0 Å². The SMILES string of the molecule is CCCCS(=O)(=O)Nc1ccc(NC(=O)c2ccc(C(=O)O)o2)cc1. The zero-order chi connectivity index (χ0) is 18.4. The number of aromatic carboxylic acids is 1. The Morgan fingerprint density at radius 1 is 1.04 bits per heavy atom. The first-order valence-corrected chi connectivity index (χ1v) is 9.21. The molecule has 0 fully saturated rings. The smallest absolute Gasteiger partial charge is 0.371 e. The average molecular weight is 366 g/mol. The van der Waals surface area contributed by atoms with E-state index in [1.54, 1.807) is 0 Å². The Bertz CT molecular complexity index is 855. The quantitative estimate of drug-likeness (QED) is 0.659. The molecule has 1 aromatic heterocycles. The highest BCUT2D eigenvalue weighted by atomic mass is 32.2. The molecular weight excluding hydrogens is 348 g/mol. The predicted octanol–water partition coefficient (Wildman–Crippen LogP) is 2.77. The van der Waals surface area contributed by atoms with Crippen LogP contribution in [0.25, 0.3) is 0 Å². The van der Waals surface area contributed by atoms with E-state index in [1.165, 1.54) is 36.4 Å². The van der Waals surface area contributed by atoms with Gasteiger partial charge in [-0.3, -0.25) is 9.52 Å². The van der Waals surface area contributed by atoms with Crippen LogP contribution in [0.5, 0.6) is 0 Å². The van der Waals surface area contributed by atoms with E-state index in [0.29, 0.717) is 17.8 Å². The van der Waals surface area contributed by atoms with Gasteiger partial charge in [0, 0.05) is 11.4 Å². The molecule has 8 nitrogen and oxygen atoms in total. The molecule has 0 aliphatic heterocycles. The molecule has 0 aliphatic rings. The molecule has 1 heterocycles. The fourth-order valence-electron chi connectivity index (χ4n) is 1.95. The number of amides is 1. The van der Waals surface area contributed by atoms with Crippen molar-refractivity contribution >= 4 is 33.3 Å². The lowest BCUT2D eigenvalue weighted by atomic mass is 10.3. The Labute approximate surface area is 144 Å². The van der Waals surface area contributed by atoms with Gasteiger partial charge in [0.15, 0.2) is 5.76 Å². The van der Waals surface area contributed by atoms with Gasteiger partial charge in [0.1, 0.15) is 0 Å². The number of rotatable bonds is 8. The Balaban J connectivity index is 1.99. The van der Waals surface area contributed by atoms with Gasteiger partial charge in [0.05, 0.1) is 5.75 Å². The second-order valence-corrected chi connectivity index (χ2v) is 7.12. The third-order valence-electron chi connectivity index (χ3n) is 3.22. The molecule has 3 N–H and O–H groups in total. The Morgan fingerprint density at radius 2 is 1.64 bits per heavy atom. The molecule has 25 heavy (non-hydrogen) atoms. The van der Waals surface area contributed by atoms with Crippen LogP contribution < -0.4 is 10.0 Å². The fourth-order valence-corrected chi connectivity index (χ4v) is 3.22. The van der Waals surface area contributed by atoms with Gasteiger partial charge in [-0.15, -0.1) is 0 Å². The van der Waals surface area contributed by atoms with Crippen molar-refractivity contribution < 1.29 is 27.5 Å². The van der Waals surface area contributed by atoms with Gasteiger partial charge in [-0.05, 0) is 42.8 Å². The zero-order valence-electron chi connectivity index (χ0n) is 13.5. The molecule has 0 radical (unpaired) electrons. The normalized spacial score (nSPS) is 11.1. The highest BCUT2D eigenvalue weighted by Crippen LogP contribution is 2.17. The third kappa shape index (κ3) is 5.35. The van der Waals surface area contributed by atoms with Crippen molar-refractivity contribution in [2.24, 2.45) is 0 Å². The molecule has 0 unspecified atom stereocenters. The fraction of sp³-hybridized carbons (Fsp3) is 0.250. The molecule has 0 spiro atoms. The van der Waals surface area contributed by atoms with Gasteiger partial charge >= 0.3 is 5.97 Å². The molecule has 134 valence electrons. The Morgan fingerprint density at radius 3 is 2.20 bits per heavy atom. The lowest BCUT2D eigenvalue weighted by Gasteiger charge is -2.09. The van der Waals surface area contributed by atoms with E-state index in [2.05, 4.69) is 10.0 Å². The van der Waals surface area contributed by atoms with E-state index in [9.17, 15) is 18.0 Å². The van der Waals surface area contributed by atoms with Crippen molar-refractivity contribution in [1.29, 1.82) is 0 Å². The van der Waals surface area contributed by atoms with Crippen molar-refractivity contribution in [2.45, 2.75) is 19.8 Å². The monoisotopic (exact) mass is 366 g/mol. The van der Waals surface area contributed by atoms with Crippen LogP contribution in [0, 0.1) is 0 Å².